The summed E-state index contributed by atoms with van der Waals surface area (Å²) in [5.41, 5.74) is 4.96. The van der Waals surface area contributed by atoms with Gasteiger partial charge in [0, 0.05) is 92.0 Å². The molecule has 0 aliphatic carbocycles. The third-order valence-corrected chi connectivity index (χ3v) is 16.6. The summed E-state index contributed by atoms with van der Waals surface area (Å²) >= 11 is 16.2. The van der Waals surface area contributed by atoms with Crippen LogP contribution in [0.1, 0.15) is 43.2 Å². The second-order valence-electron chi connectivity index (χ2n) is 21.8. The summed E-state index contributed by atoms with van der Waals surface area (Å²) in [4.78, 5) is 41.9. The van der Waals surface area contributed by atoms with Gasteiger partial charge < -0.3 is 38.1 Å². The van der Waals surface area contributed by atoms with Gasteiger partial charge in [-0.15, -0.1) is 11.3 Å². The van der Waals surface area contributed by atoms with Crippen molar-refractivity contribution in [3.05, 3.63) is 124 Å². The normalized spacial score (nSPS) is 18.8. The first-order valence-electron chi connectivity index (χ1n) is 26.3. The minimum Gasteiger partial charge on any atom is -0.492 e. The van der Waals surface area contributed by atoms with Gasteiger partial charge in [-0.3, -0.25) is 9.80 Å². The second kappa shape index (κ2) is 22.5. The number of piperazine rings is 1. The number of hydrogen-bond donors (Lipinski definition) is 0. The van der Waals surface area contributed by atoms with Crippen molar-refractivity contribution < 1.29 is 42.3 Å². The van der Waals surface area contributed by atoms with Crippen LogP contribution in [0.3, 0.4) is 0 Å². The lowest BCUT2D eigenvalue weighted by atomic mass is 9.78. The lowest BCUT2D eigenvalue weighted by Gasteiger charge is -2.55. The molecule has 5 aliphatic heterocycles. The van der Waals surface area contributed by atoms with Gasteiger partial charge in [0.15, 0.2) is 11.6 Å². The van der Waals surface area contributed by atoms with Crippen molar-refractivity contribution in [2.45, 2.75) is 65.5 Å². The number of benzene rings is 4. The molecule has 1 spiro atoms. The Bertz CT molecular complexity index is 3290. The predicted octanol–water partition coefficient (Wildman–Crippen LogP) is 10.6. The molecule has 0 unspecified atom stereocenters. The number of likely N-dealkylation sites (N-methyl/N-ethyl adjacent to an activating group) is 1. The van der Waals surface area contributed by atoms with Gasteiger partial charge in [-0.2, -0.15) is 0 Å². The molecule has 15 nitrogen and oxygen atoms in total. The Morgan fingerprint density at radius 3 is 2.29 bits per heavy atom. The highest BCUT2D eigenvalue weighted by Crippen LogP contribution is 2.53. The molecule has 2 atom stereocenters. The van der Waals surface area contributed by atoms with Crippen LogP contribution in [-0.4, -0.2) is 144 Å². The maximum atomic E-state index is 14.7. The van der Waals surface area contributed by atoms with Crippen LogP contribution >= 0.6 is 34.5 Å². The summed E-state index contributed by atoms with van der Waals surface area (Å²) < 4.78 is 59.3. The van der Waals surface area contributed by atoms with Crippen molar-refractivity contribution in [1.82, 2.24) is 34.6 Å². The van der Waals surface area contributed by atoms with Crippen molar-refractivity contribution >= 4 is 50.7 Å². The van der Waals surface area contributed by atoms with Gasteiger partial charge in [0.2, 0.25) is 12.0 Å². The van der Waals surface area contributed by atoms with Crippen LogP contribution in [0.25, 0.3) is 43.2 Å². The topological polar surface area (TPSA) is 143 Å². The van der Waals surface area contributed by atoms with Crippen molar-refractivity contribution in [2.75, 3.05) is 85.8 Å². The number of hydrogen-bond acceptors (Lipinski definition) is 16. The summed E-state index contributed by atoms with van der Waals surface area (Å²) in [5.74, 6) is 1.71. The van der Waals surface area contributed by atoms with E-state index in [2.05, 4.69) is 26.7 Å². The molecule has 3 saturated heterocycles. The molecule has 408 valence electrons. The van der Waals surface area contributed by atoms with Crippen LogP contribution in [0.15, 0.2) is 85.3 Å². The van der Waals surface area contributed by atoms with Crippen LogP contribution in [0.2, 0.25) is 10.0 Å². The van der Waals surface area contributed by atoms with E-state index in [1.165, 1.54) is 29.8 Å². The van der Waals surface area contributed by atoms with Gasteiger partial charge >= 0.3 is 5.97 Å². The second-order valence-corrected chi connectivity index (χ2v) is 23.5. The Kier molecular flexibility index (Phi) is 15.5. The molecule has 5 aliphatic rings. The molecular weight excluding hydrogens is 1060 g/mol. The lowest BCUT2D eigenvalue weighted by Crippen LogP contribution is -2.66. The van der Waals surface area contributed by atoms with Crippen LogP contribution < -0.4 is 23.7 Å². The van der Waals surface area contributed by atoms with E-state index in [0.717, 1.165) is 75.2 Å². The summed E-state index contributed by atoms with van der Waals surface area (Å²) in [5, 5.41) is 1.14. The molecule has 0 radical (unpaired) electrons. The highest BCUT2D eigenvalue weighted by molar-refractivity contribution is 7.22. The molecule has 12 rings (SSSR count). The molecule has 7 aromatic rings. The smallest absolute Gasteiger partial charge is 0.348 e. The highest BCUT2D eigenvalue weighted by Gasteiger charge is 2.48. The number of halogens is 3. The van der Waals surface area contributed by atoms with E-state index in [4.69, 9.17) is 71.3 Å². The molecule has 0 N–H and O–H groups in total. The number of thiophene rings is 1. The summed E-state index contributed by atoms with van der Waals surface area (Å²) in [6.07, 6.45) is 1.28. The van der Waals surface area contributed by atoms with Crippen molar-refractivity contribution in [2.24, 2.45) is 5.41 Å². The molecule has 0 saturated carbocycles. The van der Waals surface area contributed by atoms with Crippen molar-refractivity contribution in [3.8, 4) is 61.8 Å². The fraction of sp³-hybridized carbons (Fsp3) is 0.407. The summed E-state index contributed by atoms with van der Waals surface area (Å²) in [6, 6.07) is 21.3. The summed E-state index contributed by atoms with van der Waals surface area (Å²) in [7, 11) is 2.12. The maximum absolute atomic E-state index is 14.7. The van der Waals surface area contributed by atoms with Crippen molar-refractivity contribution in [3.63, 3.8) is 0 Å². The summed E-state index contributed by atoms with van der Waals surface area (Å²) in [6.45, 7) is 18.8. The van der Waals surface area contributed by atoms with Gasteiger partial charge in [-0.05, 0) is 125 Å². The van der Waals surface area contributed by atoms with E-state index in [1.54, 1.807) is 45.2 Å². The SMILES string of the molecule is Cc1c(Cl)c2c(Cl)c(C)c1-c1c(-c3ccc(F)cc3)sc3ncnc(c13)O[C@@H](C(=O)OC(C)(C)C)Cc1cc(ccc1OCc1ccnc(-c3ccc(OCCN4CC5(COC5)C4)cc3)n1)OC[C@@H](CN1CCN(C)CC1)O2. The molecular formula is C59H62Cl2FN7O8S. The van der Waals surface area contributed by atoms with E-state index in [9.17, 15) is 9.18 Å². The standard InChI is InChI=1S/C59H62Cl2FN7O8S/c1-35-47-36(2)51(61)52(50(35)60)75-44(27-68-21-19-67(6)20-22-68)29-73-43-15-16-45(74-28-41-17-18-63-54(66-41)38-9-13-42(14-10-38)72-24-23-69-30-59(31-69)32-71-33-59)39(25-43)26-46(57(70)77-58(3,4)5)76-55-49-48(47)53(78-56(49)65-34-64-55)37-7-11-40(62)12-8-37/h7-18,25,34,44,46H,19-24,26-33H2,1-6H3/t44-,46-/m1/s1. The maximum Gasteiger partial charge on any atom is 0.348 e. The number of rotatable bonds is 12. The molecule has 19 heteroatoms. The monoisotopic (exact) mass is 1120 g/mol. The van der Waals surface area contributed by atoms with Crippen molar-refractivity contribution in [1.29, 1.82) is 0 Å². The predicted molar refractivity (Wildman–Crippen MR) is 299 cm³/mol. The Labute approximate surface area is 467 Å². The Morgan fingerprint density at radius 2 is 1.59 bits per heavy atom. The van der Waals surface area contributed by atoms with Gasteiger partial charge in [-0.25, -0.2) is 29.1 Å². The molecule has 4 aromatic carbocycles. The van der Waals surface area contributed by atoms with Crippen LogP contribution in [-0.2, 0) is 27.3 Å². The number of nitrogens with zero attached hydrogens (tertiary/aromatic N) is 7. The Hall–Kier alpha value is -6.18. The number of esters is 1. The number of ether oxygens (including phenoxy) is 7. The third kappa shape index (κ3) is 11.7. The molecule has 78 heavy (non-hydrogen) atoms. The van der Waals surface area contributed by atoms with Gasteiger partial charge in [-0.1, -0.05) is 35.3 Å². The average Bonchev–Trinajstić information content (AvgIpc) is 4.02. The average molecular weight is 1120 g/mol. The number of aromatic nitrogens is 4. The van der Waals surface area contributed by atoms with E-state index in [-0.39, 0.29) is 31.3 Å². The minimum absolute atomic E-state index is 0.0281. The zero-order valence-electron chi connectivity index (χ0n) is 44.6. The first-order valence-corrected chi connectivity index (χ1v) is 27.9. The quantitative estimate of drug-likeness (QED) is 0.107. The number of fused-ring (bicyclic) bond motifs is 7. The number of carbonyl (C=O) groups is 1. The molecule has 3 aromatic heterocycles. The van der Waals surface area contributed by atoms with Crippen LogP contribution in [0.4, 0.5) is 4.39 Å². The van der Waals surface area contributed by atoms with E-state index in [1.807, 2.05) is 56.3 Å². The van der Waals surface area contributed by atoms with E-state index in [0.29, 0.717) is 101 Å². The Balaban J connectivity index is 0.945. The number of carbonyl (C=O) groups excluding carboxylic acids is 1. The van der Waals surface area contributed by atoms with Crippen LogP contribution in [0.5, 0.6) is 28.9 Å². The fourth-order valence-corrected chi connectivity index (χ4v) is 12.1. The largest absolute Gasteiger partial charge is 0.492 e. The van der Waals surface area contributed by atoms with E-state index < -0.39 is 23.8 Å². The van der Waals surface area contributed by atoms with E-state index >= 15 is 0 Å². The molecule has 4 bridgehead atoms. The minimum atomic E-state index is -1.27. The van der Waals surface area contributed by atoms with Gasteiger partial charge in [0.25, 0.3) is 0 Å². The highest BCUT2D eigenvalue weighted by atomic mass is 35.5. The lowest BCUT2D eigenvalue weighted by molar-refractivity contribution is -0.189. The third-order valence-electron chi connectivity index (χ3n) is 14.6. The van der Waals surface area contributed by atoms with Gasteiger partial charge in [0.05, 0.1) is 34.3 Å². The fourth-order valence-electron chi connectivity index (χ4n) is 10.5. The van der Waals surface area contributed by atoms with Gasteiger partial charge in [0.1, 0.15) is 65.7 Å². The molecule has 8 heterocycles. The van der Waals surface area contributed by atoms with Crippen LogP contribution in [0, 0.1) is 25.1 Å². The first-order chi connectivity index (χ1) is 37.5. The first kappa shape index (κ1) is 53.8. The Morgan fingerprint density at radius 1 is 0.859 bits per heavy atom. The zero-order chi connectivity index (χ0) is 54.3. The number of likely N-dealkylation sites (tertiary alicyclic amines) is 1. The molecule has 3 fully saturated rings. The zero-order valence-corrected chi connectivity index (χ0v) is 46.9. The molecule has 0 amide bonds.